The van der Waals surface area contributed by atoms with E-state index in [0.717, 1.165) is 12.0 Å². The molecule has 26 heavy (non-hydrogen) atoms. The first kappa shape index (κ1) is 19.5. The first-order valence-electron chi connectivity index (χ1n) is 8.91. The van der Waals surface area contributed by atoms with Crippen molar-refractivity contribution in [3.63, 3.8) is 0 Å². The van der Waals surface area contributed by atoms with Crippen LogP contribution < -0.4 is 15.4 Å². The molecule has 2 rings (SSSR count). The molecule has 5 nitrogen and oxygen atoms in total. The Morgan fingerprint density at radius 1 is 1.08 bits per heavy atom. The van der Waals surface area contributed by atoms with Crippen LogP contribution in [0, 0.1) is 6.92 Å². The molecule has 0 heterocycles. The second-order valence-corrected chi connectivity index (χ2v) is 6.25. The van der Waals surface area contributed by atoms with E-state index in [4.69, 9.17) is 4.74 Å². The number of carbonyl (C=O) groups excluding carboxylic acids is 2. The standard InChI is InChI=1S/C21H26N2O3/c1-5-15(4)26-18-9-7-8-16(12-18)21(25)22-17-11-10-14(3)19(13-17)23-20(24)6-2/h7-13,15H,5-6H2,1-4H3,(H,22,25)(H,23,24). The lowest BCUT2D eigenvalue weighted by Crippen LogP contribution is -2.14. The summed E-state index contributed by atoms with van der Waals surface area (Å²) in [5.41, 5.74) is 2.78. The quantitative estimate of drug-likeness (QED) is 0.752. The van der Waals surface area contributed by atoms with Gasteiger partial charge < -0.3 is 15.4 Å². The molecular weight excluding hydrogens is 328 g/mol. The van der Waals surface area contributed by atoms with E-state index >= 15 is 0 Å². The molecule has 0 saturated heterocycles. The Labute approximate surface area is 154 Å². The van der Waals surface area contributed by atoms with Crippen molar-refractivity contribution in [3.05, 3.63) is 53.6 Å². The SMILES string of the molecule is CCC(=O)Nc1cc(NC(=O)c2cccc(OC(C)CC)c2)ccc1C. The maximum Gasteiger partial charge on any atom is 0.255 e. The number of carbonyl (C=O) groups is 2. The van der Waals surface area contributed by atoms with Crippen molar-refractivity contribution in [2.75, 3.05) is 10.6 Å². The average Bonchev–Trinajstić information content (AvgIpc) is 2.64. The lowest BCUT2D eigenvalue weighted by molar-refractivity contribution is -0.115. The molecule has 2 aromatic rings. The third kappa shape index (κ3) is 5.34. The maximum atomic E-state index is 12.5. The van der Waals surface area contributed by atoms with Crippen LogP contribution >= 0.6 is 0 Å². The second kappa shape index (κ2) is 9.04. The fraction of sp³-hybridized carbons (Fsp3) is 0.333. The highest BCUT2D eigenvalue weighted by molar-refractivity contribution is 6.05. The topological polar surface area (TPSA) is 67.4 Å². The Hall–Kier alpha value is -2.82. The Kier molecular flexibility index (Phi) is 6.78. The molecule has 0 fully saturated rings. The molecule has 0 aromatic heterocycles. The molecule has 1 atom stereocenters. The van der Waals surface area contributed by atoms with Crippen molar-refractivity contribution in [2.45, 2.75) is 46.6 Å². The van der Waals surface area contributed by atoms with E-state index in [1.54, 1.807) is 31.2 Å². The number of benzene rings is 2. The van der Waals surface area contributed by atoms with E-state index < -0.39 is 0 Å². The third-order valence-electron chi connectivity index (χ3n) is 4.10. The number of anilines is 2. The van der Waals surface area contributed by atoms with E-state index in [9.17, 15) is 9.59 Å². The fourth-order valence-corrected chi connectivity index (χ4v) is 2.30. The summed E-state index contributed by atoms with van der Waals surface area (Å²) in [5, 5.41) is 5.71. The van der Waals surface area contributed by atoms with Crippen molar-refractivity contribution in [1.82, 2.24) is 0 Å². The number of hydrogen-bond acceptors (Lipinski definition) is 3. The summed E-state index contributed by atoms with van der Waals surface area (Å²) in [6.45, 7) is 7.75. The minimum atomic E-state index is -0.226. The third-order valence-corrected chi connectivity index (χ3v) is 4.10. The van der Waals surface area contributed by atoms with Gasteiger partial charge in [-0.1, -0.05) is 26.0 Å². The van der Waals surface area contributed by atoms with Crippen molar-refractivity contribution >= 4 is 23.2 Å². The van der Waals surface area contributed by atoms with Gasteiger partial charge in [0.15, 0.2) is 0 Å². The van der Waals surface area contributed by atoms with Crippen LogP contribution in [0.25, 0.3) is 0 Å². The molecule has 0 aliphatic rings. The van der Waals surface area contributed by atoms with Gasteiger partial charge in [-0.15, -0.1) is 0 Å². The monoisotopic (exact) mass is 354 g/mol. The summed E-state index contributed by atoms with van der Waals surface area (Å²) in [4.78, 5) is 24.2. The molecule has 0 radical (unpaired) electrons. The second-order valence-electron chi connectivity index (χ2n) is 6.25. The van der Waals surface area contributed by atoms with E-state index in [1.165, 1.54) is 0 Å². The molecule has 0 aliphatic carbocycles. The number of amides is 2. The minimum Gasteiger partial charge on any atom is -0.491 e. The van der Waals surface area contributed by atoms with Crippen LogP contribution in [0.1, 0.15) is 49.5 Å². The Balaban J connectivity index is 2.13. The summed E-state index contributed by atoms with van der Waals surface area (Å²) in [6.07, 6.45) is 1.39. The molecule has 5 heteroatoms. The summed E-state index contributed by atoms with van der Waals surface area (Å²) >= 11 is 0. The number of rotatable bonds is 7. The van der Waals surface area contributed by atoms with Crippen LogP contribution in [0.15, 0.2) is 42.5 Å². The van der Waals surface area contributed by atoms with Gasteiger partial charge in [0.1, 0.15) is 5.75 Å². The average molecular weight is 354 g/mol. The summed E-state index contributed by atoms with van der Waals surface area (Å²) in [5.74, 6) is 0.384. The van der Waals surface area contributed by atoms with E-state index in [2.05, 4.69) is 10.6 Å². The Bertz CT molecular complexity index is 787. The van der Waals surface area contributed by atoms with E-state index in [-0.39, 0.29) is 17.9 Å². The number of nitrogens with one attached hydrogen (secondary N) is 2. The molecule has 1 unspecified atom stereocenters. The lowest BCUT2D eigenvalue weighted by atomic mass is 10.1. The summed E-state index contributed by atoms with van der Waals surface area (Å²) < 4.78 is 5.77. The molecule has 138 valence electrons. The Morgan fingerprint density at radius 3 is 2.54 bits per heavy atom. The normalized spacial score (nSPS) is 11.5. The van der Waals surface area contributed by atoms with Crippen molar-refractivity contribution in [3.8, 4) is 5.75 Å². The van der Waals surface area contributed by atoms with Gasteiger partial charge in [-0.3, -0.25) is 9.59 Å². The highest BCUT2D eigenvalue weighted by atomic mass is 16.5. The van der Waals surface area contributed by atoms with Gasteiger partial charge in [0.2, 0.25) is 5.91 Å². The summed E-state index contributed by atoms with van der Waals surface area (Å²) in [7, 11) is 0. The summed E-state index contributed by atoms with van der Waals surface area (Å²) in [6, 6.07) is 12.6. The predicted octanol–water partition coefficient (Wildman–Crippen LogP) is 4.77. The van der Waals surface area contributed by atoms with Crippen LogP contribution in [0.3, 0.4) is 0 Å². The van der Waals surface area contributed by atoms with Crippen LogP contribution in [0.5, 0.6) is 5.75 Å². The van der Waals surface area contributed by atoms with E-state index in [1.807, 2.05) is 39.0 Å². The van der Waals surface area contributed by atoms with Gasteiger partial charge >= 0.3 is 0 Å². The first-order valence-corrected chi connectivity index (χ1v) is 8.91. The van der Waals surface area contributed by atoms with Crippen molar-refractivity contribution < 1.29 is 14.3 Å². The minimum absolute atomic E-state index is 0.0635. The van der Waals surface area contributed by atoms with Gasteiger partial charge in [-0.2, -0.15) is 0 Å². The molecule has 0 spiro atoms. The zero-order valence-electron chi connectivity index (χ0n) is 15.8. The van der Waals surface area contributed by atoms with Crippen LogP contribution in [0.4, 0.5) is 11.4 Å². The van der Waals surface area contributed by atoms with Gasteiger partial charge in [0, 0.05) is 23.4 Å². The maximum absolute atomic E-state index is 12.5. The highest BCUT2D eigenvalue weighted by Gasteiger charge is 2.10. The number of hydrogen-bond donors (Lipinski definition) is 2. The molecule has 0 saturated carbocycles. The van der Waals surface area contributed by atoms with Crippen molar-refractivity contribution in [1.29, 1.82) is 0 Å². The molecule has 0 bridgehead atoms. The number of aryl methyl sites for hydroxylation is 1. The molecule has 0 aliphatic heterocycles. The van der Waals surface area contributed by atoms with Crippen LogP contribution in [0.2, 0.25) is 0 Å². The van der Waals surface area contributed by atoms with Crippen molar-refractivity contribution in [2.24, 2.45) is 0 Å². The largest absolute Gasteiger partial charge is 0.491 e. The smallest absolute Gasteiger partial charge is 0.255 e. The van der Waals surface area contributed by atoms with Crippen LogP contribution in [-0.4, -0.2) is 17.9 Å². The van der Waals surface area contributed by atoms with Gasteiger partial charge in [0.05, 0.1) is 6.10 Å². The van der Waals surface area contributed by atoms with Gasteiger partial charge in [0.25, 0.3) is 5.91 Å². The highest BCUT2D eigenvalue weighted by Crippen LogP contribution is 2.22. The number of ether oxygens (including phenoxy) is 1. The first-order chi connectivity index (χ1) is 12.4. The zero-order valence-corrected chi connectivity index (χ0v) is 15.8. The van der Waals surface area contributed by atoms with Crippen LogP contribution in [-0.2, 0) is 4.79 Å². The predicted molar refractivity (Wildman–Crippen MR) is 105 cm³/mol. The zero-order chi connectivity index (χ0) is 19.1. The molecule has 2 N–H and O–H groups in total. The van der Waals surface area contributed by atoms with Gasteiger partial charge in [-0.25, -0.2) is 0 Å². The fourth-order valence-electron chi connectivity index (χ4n) is 2.30. The molecular formula is C21H26N2O3. The molecule has 2 aromatic carbocycles. The lowest BCUT2D eigenvalue weighted by Gasteiger charge is -2.14. The van der Waals surface area contributed by atoms with E-state index in [0.29, 0.717) is 29.1 Å². The Morgan fingerprint density at radius 2 is 1.85 bits per heavy atom. The molecule has 2 amide bonds. The van der Waals surface area contributed by atoms with Gasteiger partial charge in [-0.05, 0) is 56.2 Å².